The van der Waals surface area contributed by atoms with Crippen molar-refractivity contribution < 1.29 is 13.2 Å². The van der Waals surface area contributed by atoms with Gasteiger partial charge in [-0.1, -0.05) is 30.3 Å². The number of pyridine rings is 1. The summed E-state index contributed by atoms with van der Waals surface area (Å²) >= 11 is 0. The zero-order chi connectivity index (χ0) is 18.7. The van der Waals surface area contributed by atoms with E-state index in [2.05, 4.69) is 10.3 Å². The molecule has 0 saturated carbocycles. The maximum absolute atomic E-state index is 12.5. The van der Waals surface area contributed by atoms with Crippen molar-refractivity contribution >= 4 is 38.2 Å². The quantitative estimate of drug-likeness (QED) is 0.750. The van der Waals surface area contributed by atoms with Gasteiger partial charge in [-0.2, -0.15) is 0 Å². The fourth-order valence-corrected chi connectivity index (χ4v) is 3.56. The van der Waals surface area contributed by atoms with E-state index in [4.69, 9.17) is 0 Å². The van der Waals surface area contributed by atoms with E-state index in [9.17, 15) is 13.2 Å². The molecule has 2 aromatic carbocycles. The molecule has 0 unspecified atom stereocenters. The number of rotatable bonds is 5. The summed E-state index contributed by atoms with van der Waals surface area (Å²) < 4.78 is 25.4. The van der Waals surface area contributed by atoms with Crippen molar-refractivity contribution in [3.63, 3.8) is 0 Å². The van der Waals surface area contributed by atoms with Gasteiger partial charge in [0, 0.05) is 11.6 Å². The normalized spacial score (nSPS) is 11.3. The average Bonchev–Trinajstić information content (AvgIpc) is 2.59. The molecule has 0 aliphatic heterocycles. The maximum atomic E-state index is 12.5. The molecule has 0 radical (unpaired) electrons. The van der Waals surface area contributed by atoms with Crippen LogP contribution >= 0.6 is 0 Å². The van der Waals surface area contributed by atoms with Gasteiger partial charge in [0.2, 0.25) is 15.9 Å². The minimum Gasteiger partial charge on any atom is -0.323 e. The molecule has 0 spiro atoms. The van der Waals surface area contributed by atoms with Crippen molar-refractivity contribution in [2.75, 3.05) is 22.4 Å². The Morgan fingerprint density at radius 2 is 1.85 bits per heavy atom. The molecule has 0 bridgehead atoms. The van der Waals surface area contributed by atoms with Gasteiger partial charge >= 0.3 is 0 Å². The van der Waals surface area contributed by atoms with Gasteiger partial charge in [0.25, 0.3) is 0 Å². The van der Waals surface area contributed by atoms with E-state index in [1.807, 2.05) is 37.3 Å². The average molecular weight is 369 g/mol. The number of anilines is 2. The van der Waals surface area contributed by atoms with Crippen molar-refractivity contribution in [3.05, 3.63) is 66.4 Å². The largest absolute Gasteiger partial charge is 0.323 e. The van der Waals surface area contributed by atoms with Crippen LogP contribution in [-0.4, -0.2) is 32.1 Å². The van der Waals surface area contributed by atoms with Crippen LogP contribution < -0.4 is 9.62 Å². The molecule has 3 aromatic rings. The number of aryl methyl sites for hydroxylation is 1. The van der Waals surface area contributed by atoms with Gasteiger partial charge < -0.3 is 5.32 Å². The maximum Gasteiger partial charge on any atom is 0.245 e. The van der Waals surface area contributed by atoms with E-state index >= 15 is 0 Å². The highest BCUT2D eigenvalue weighted by atomic mass is 32.2. The Kier molecular flexibility index (Phi) is 4.90. The van der Waals surface area contributed by atoms with Crippen molar-refractivity contribution in [1.29, 1.82) is 0 Å². The molecule has 0 atom stereocenters. The van der Waals surface area contributed by atoms with E-state index in [1.54, 1.807) is 30.5 Å². The number of benzene rings is 2. The summed E-state index contributed by atoms with van der Waals surface area (Å²) in [6.45, 7) is 1.55. The second-order valence-corrected chi connectivity index (χ2v) is 7.94. The number of nitrogens with one attached hydrogen (secondary N) is 1. The Hall–Kier alpha value is -2.93. The summed E-state index contributed by atoms with van der Waals surface area (Å²) in [5, 5.41) is 3.66. The molecule has 1 amide bonds. The molecule has 0 fully saturated rings. The molecule has 0 aliphatic rings. The molecule has 1 N–H and O–H groups in total. The molecule has 0 saturated heterocycles. The fraction of sp³-hybridized carbons (Fsp3) is 0.158. The van der Waals surface area contributed by atoms with E-state index in [0.29, 0.717) is 16.9 Å². The van der Waals surface area contributed by atoms with Crippen LogP contribution in [0.25, 0.3) is 10.9 Å². The SMILES string of the molecule is Cc1cccc(N(CC(=O)Nc2cccc3cccnc23)S(C)(=O)=O)c1. The van der Waals surface area contributed by atoms with Gasteiger partial charge in [-0.25, -0.2) is 8.42 Å². The van der Waals surface area contributed by atoms with Gasteiger partial charge in [0.1, 0.15) is 6.54 Å². The van der Waals surface area contributed by atoms with Crippen molar-refractivity contribution in [3.8, 4) is 0 Å². The molecule has 7 heteroatoms. The molecular weight excluding hydrogens is 350 g/mol. The lowest BCUT2D eigenvalue weighted by molar-refractivity contribution is -0.114. The number of amides is 1. The Bertz CT molecular complexity index is 1060. The van der Waals surface area contributed by atoms with Crippen molar-refractivity contribution in [2.24, 2.45) is 0 Å². The topological polar surface area (TPSA) is 79.4 Å². The Balaban J connectivity index is 1.87. The Morgan fingerprint density at radius 3 is 2.58 bits per heavy atom. The zero-order valence-corrected chi connectivity index (χ0v) is 15.3. The highest BCUT2D eigenvalue weighted by Gasteiger charge is 2.21. The van der Waals surface area contributed by atoms with E-state index in [0.717, 1.165) is 21.5 Å². The van der Waals surface area contributed by atoms with Crippen molar-refractivity contribution in [2.45, 2.75) is 6.92 Å². The van der Waals surface area contributed by atoms with Crippen LogP contribution in [0.3, 0.4) is 0 Å². The molecule has 26 heavy (non-hydrogen) atoms. The molecular formula is C19H19N3O3S. The van der Waals surface area contributed by atoms with Crippen LogP contribution in [0.1, 0.15) is 5.56 Å². The summed E-state index contributed by atoms with van der Waals surface area (Å²) in [4.78, 5) is 16.8. The molecule has 3 rings (SSSR count). The predicted octanol–water partition coefficient (Wildman–Crippen LogP) is 2.95. The second kappa shape index (κ2) is 7.13. The standard InChI is InChI=1S/C19H19N3O3S/c1-14-6-3-9-16(12-14)22(26(2,24)25)13-18(23)21-17-10-4-7-15-8-5-11-20-19(15)17/h3-12H,13H2,1-2H3,(H,21,23). The minimum absolute atomic E-state index is 0.314. The van der Waals surface area contributed by atoms with Crippen LogP contribution in [0.2, 0.25) is 0 Å². The lowest BCUT2D eigenvalue weighted by Crippen LogP contribution is -2.37. The van der Waals surface area contributed by atoms with Gasteiger partial charge in [-0.05, 0) is 36.8 Å². The zero-order valence-electron chi connectivity index (χ0n) is 14.5. The summed E-state index contributed by atoms with van der Waals surface area (Å²) in [7, 11) is -3.61. The molecule has 1 aromatic heterocycles. The molecule has 134 valence electrons. The van der Waals surface area contributed by atoms with Crippen LogP contribution in [0.15, 0.2) is 60.8 Å². The highest BCUT2D eigenvalue weighted by molar-refractivity contribution is 7.92. The van der Waals surface area contributed by atoms with Crippen LogP contribution in [-0.2, 0) is 14.8 Å². The lowest BCUT2D eigenvalue weighted by Gasteiger charge is -2.22. The van der Waals surface area contributed by atoms with Crippen molar-refractivity contribution in [1.82, 2.24) is 4.98 Å². The van der Waals surface area contributed by atoms with Crippen LogP contribution in [0.4, 0.5) is 11.4 Å². The molecule has 6 nitrogen and oxygen atoms in total. The summed E-state index contributed by atoms with van der Waals surface area (Å²) in [6, 6.07) is 16.2. The number of para-hydroxylation sites is 1. The van der Waals surface area contributed by atoms with Gasteiger partial charge in [0.05, 0.1) is 23.1 Å². The number of fused-ring (bicyclic) bond motifs is 1. The number of hydrogen-bond acceptors (Lipinski definition) is 4. The Labute approximate surface area is 152 Å². The third-order valence-corrected chi connectivity index (χ3v) is 5.02. The van der Waals surface area contributed by atoms with Gasteiger partial charge in [0.15, 0.2) is 0 Å². The minimum atomic E-state index is -3.61. The fourth-order valence-electron chi connectivity index (χ4n) is 2.71. The highest BCUT2D eigenvalue weighted by Crippen LogP contribution is 2.22. The predicted molar refractivity (Wildman–Crippen MR) is 104 cm³/mol. The van der Waals surface area contributed by atoms with E-state index in [-0.39, 0.29) is 6.54 Å². The van der Waals surface area contributed by atoms with E-state index in [1.165, 1.54) is 0 Å². The number of carbonyl (C=O) groups excluding carboxylic acids is 1. The number of aromatic nitrogens is 1. The third-order valence-electron chi connectivity index (χ3n) is 3.88. The number of hydrogen-bond donors (Lipinski definition) is 1. The monoisotopic (exact) mass is 369 g/mol. The first-order valence-electron chi connectivity index (χ1n) is 8.02. The van der Waals surface area contributed by atoms with Crippen LogP contribution in [0, 0.1) is 6.92 Å². The summed E-state index contributed by atoms with van der Waals surface area (Å²) in [5.41, 5.74) is 2.57. The molecule has 0 aliphatic carbocycles. The number of sulfonamides is 1. The van der Waals surface area contributed by atoms with Crippen LogP contribution in [0.5, 0.6) is 0 Å². The number of nitrogens with zero attached hydrogens (tertiary/aromatic N) is 2. The first-order chi connectivity index (χ1) is 12.3. The third kappa shape index (κ3) is 4.00. The Morgan fingerprint density at radius 1 is 1.12 bits per heavy atom. The summed E-state index contributed by atoms with van der Waals surface area (Å²) in [5.74, 6) is -0.435. The van der Waals surface area contributed by atoms with E-state index < -0.39 is 15.9 Å². The summed E-state index contributed by atoms with van der Waals surface area (Å²) in [6.07, 6.45) is 2.73. The number of carbonyl (C=O) groups is 1. The first-order valence-corrected chi connectivity index (χ1v) is 9.87. The second-order valence-electron chi connectivity index (χ2n) is 6.04. The smallest absolute Gasteiger partial charge is 0.245 e. The lowest BCUT2D eigenvalue weighted by atomic mass is 10.2. The first kappa shape index (κ1) is 17.9. The van der Waals surface area contributed by atoms with Gasteiger partial charge in [-0.3, -0.25) is 14.1 Å². The molecule has 1 heterocycles. The van der Waals surface area contributed by atoms with Gasteiger partial charge in [-0.15, -0.1) is 0 Å².